The molecular formula is C33H18F6N2O5. The van der Waals surface area contributed by atoms with Gasteiger partial charge in [0.05, 0.1) is 16.8 Å². The summed E-state index contributed by atoms with van der Waals surface area (Å²) in [6, 6.07) is 18.6. The normalized spacial score (nSPS) is 19.4. The van der Waals surface area contributed by atoms with Crippen LogP contribution in [0, 0.1) is 0 Å². The Labute approximate surface area is 254 Å². The van der Waals surface area contributed by atoms with E-state index in [-0.39, 0.29) is 38.7 Å². The van der Waals surface area contributed by atoms with Crippen LogP contribution in [0.15, 0.2) is 91.0 Å². The number of carbonyl (C=O) groups is 3. The van der Waals surface area contributed by atoms with Gasteiger partial charge in [0.2, 0.25) is 0 Å². The van der Waals surface area contributed by atoms with E-state index in [0.29, 0.717) is 16.4 Å². The third kappa shape index (κ3) is 4.08. The summed E-state index contributed by atoms with van der Waals surface area (Å²) in [5, 5.41) is 13.4. The largest absolute Gasteiger partial charge is 0.437 e. The lowest BCUT2D eigenvalue weighted by Crippen LogP contribution is -2.54. The number of carbonyl (C=O) groups excluding carboxylic acids is 3. The molecule has 2 aliphatic heterocycles. The number of halogens is 6. The molecule has 0 saturated carbocycles. The van der Waals surface area contributed by atoms with Crippen molar-refractivity contribution in [2.24, 2.45) is 0 Å². The first-order valence-corrected chi connectivity index (χ1v) is 13.6. The molecule has 0 fully saturated rings. The molecule has 0 radical (unpaired) electrons. The first-order chi connectivity index (χ1) is 21.7. The molecule has 232 valence electrons. The van der Waals surface area contributed by atoms with Gasteiger partial charge in [-0.15, -0.1) is 0 Å². The third-order valence-corrected chi connectivity index (χ3v) is 8.21. The van der Waals surface area contributed by atoms with Crippen molar-refractivity contribution in [3.05, 3.63) is 119 Å². The summed E-state index contributed by atoms with van der Waals surface area (Å²) < 4.78 is 90.5. The number of imide groups is 1. The Hall–Kier alpha value is -5.43. The van der Waals surface area contributed by atoms with Crippen LogP contribution >= 0.6 is 0 Å². The van der Waals surface area contributed by atoms with Crippen molar-refractivity contribution in [2.75, 3.05) is 10.2 Å². The number of esters is 1. The molecule has 2 aliphatic rings. The molecule has 7 nitrogen and oxygen atoms in total. The van der Waals surface area contributed by atoms with E-state index in [0.717, 1.165) is 30.3 Å². The van der Waals surface area contributed by atoms with Gasteiger partial charge >= 0.3 is 18.3 Å². The summed E-state index contributed by atoms with van der Waals surface area (Å²) in [4.78, 5) is 41.4. The quantitative estimate of drug-likeness (QED) is 0.124. The maximum absolute atomic E-state index is 15.0. The summed E-state index contributed by atoms with van der Waals surface area (Å²) in [5.74, 6) is -3.52. The summed E-state index contributed by atoms with van der Waals surface area (Å²) in [6.45, 7) is 0. The average Bonchev–Trinajstić information content (AvgIpc) is 3.31. The first kappa shape index (κ1) is 29.3. The minimum absolute atomic E-state index is 0.0805. The number of anilines is 2. The van der Waals surface area contributed by atoms with Crippen LogP contribution in [-0.4, -0.2) is 35.3 Å². The van der Waals surface area contributed by atoms with Crippen LogP contribution < -0.4 is 10.2 Å². The second-order valence-electron chi connectivity index (χ2n) is 10.8. The Balaban J connectivity index is 1.34. The number of hydrogen-bond acceptors (Lipinski definition) is 6. The fourth-order valence-electron chi connectivity index (χ4n) is 6.17. The second kappa shape index (κ2) is 9.78. The zero-order valence-electron chi connectivity index (χ0n) is 23.0. The Kier molecular flexibility index (Phi) is 6.23. The highest BCUT2D eigenvalue weighted by Crippen LogP contribution is 2.54. The van der Waals surface area contributed by atoms with Crippen molar-refractivity contribution in [1.29, 1.82) is 0 Å². The lowest BCUT2D eigenvalue weighted by Gasteiger charge is -2.35. The Bertz CT molecular complexity index is 2120. The van der Waals surface area contributed by atoms with Crippen LogP contribution in [0.25, 0.3) is 21.5 Å². The number of alkyl halides is 6. The Morgan fingerprint density at radius 2 is 1.48 bits per heavy atom. The fraction of sp³-hybridized carbons (Fsp3) is 0.121. The molecule has 0 saturated heterocycles. The molecule has 0 spiro atoms. The van der Waals surface area contributed by atoms with Crippen LogP contribution in [0.1, 0.15) is 42.2 Å². The van der Waals surface area contributed by atoms with Gasteiger partial charge in [0.1, 0.15) is 0 Å². The summed E-state index contributed by atoms with van der Waals surface area (Å²) in [6.07, 6.45) is -12.5. The van der Waals surface area contributed by atoms with Crippen molar-refractivity contribution in [2.45, 2.75) is 24.2 Å². The molecule has 0 unspecified atom stereocenters. The van der Waals surface area contributed by atoms with Gasteiger partial charge < -0.3 is 15.2 Å². The molecule has 2 heterocycles. The SMILES string of the molecule is O=C(O[C@]1(C(F)(F)F)c2c(ccc3ccccc23)N[C@@H]1O)c1ccc2c3c(cccc13)C(=O)N(c1cccc(C(F)(F)F)c1)C2=O. The molecule has 46 heavy (non-hydrogen) atoms. The average molecular weight is 637 g/mol. The molecule has 13 heteroatoms. The molecule has 0 aliphatic carbocycles. The van der Waals surface area contributed by atoms with Crippen molar-refractivity contribution in [1.82, 2.24) is 0 Å². The summed E-state index contributed by atoms with van der Waals surface area (Å²) in [5.41, 5.74) is -6.39. The molecule has 2 atom stereocenters. The number of amides is 2. The predicted molar refractivity (Wildman–Crippen MR) is 153 cm³/mol. The zero-order chi connectivity index (χ0) is 32.8. The van der Waals surface area contributed by atoms with E-state index in [9.17, 15) is 32.7 Å². The van der Waals surface area contributed by atoms with E-state index in [1.165, 1.54) is 36.4 Å². The molecule has 7 rings (SSSR count). The highest BCUT2D eigenvalue weighted by atomic mass is 19.4. The standard InChI is InChI=1S/C33H18F6N2O5/c34-32(35,36)17-6-3-7-18(15-17)41-27(42)22-10-4-9-20-21(12-13-23(25(20)22)28(41)43)29(44)46-31(33(37,38)39)26-19-8-2-1-5-16(19)11-14-24(26)40-30(31)45/h1-15,30,40,45H/t30-,31-/m1/s1. The Morgan fingerprint density at radius 3 is 2.20 bits per heavy atom. The van der Waals surface area contributed by atoms with E-state index in [1.807, 2.05) is 0 Å². The lowest BCUT2D eigenvalue weighted by atomic mass is 9.88. The first-order valence-electron chi connectivity index (χ1n) is 13.6. The second-order valence-corrected chi connectivity index (χ2v) is 10.8. The van der Waals surface area contributed by atoms with Crippen molar-refractivity contribution < 1.29 is 50.6 Å². The van der Waals surface area contributed by atoms with E-state index in [2.05, 4.69) is 5.32 Å². The van der Waals surface area contributed by atoms with Gasteiger partial charge in [0, 0.05) is 27.8 Å². The van der Waals surface area contributed by atoms with Gasteiger partial charge in [-0.1, -0.05) is 48.5 Å². The van der Waals surface area contributed by atoms with E-state index >= 15 is 13.2 Å². The topological polar surface area (TPSA) is 95.9 Å². The van der Waals surface area contributed by atoms with Crippen molar-refractivity contribution in [3.63, 3.8) is 0 Å². The van der Waals surface area contributed by atoms with Crippen LogP contribution in [0.2, 0.25) is 0 Å². The van der Waals surface area contributed by atoms with Crippen LogP contribution in [0.5, 0.6) is 0 Å². The van der Waals surface area contributed by atoms with Gasteiger partial charge in [-0.05, 0) is 58.6 Å². The molecule has 2 N–H and O–H groups in total. The molecule has 0 aromatic heterocycles. The maximum atomic E-state index is 15.0. The van der Waals surface area contributed by atoms with Crippen LogP contribution in [0.3, 0.4) is 0 Å². The van der Waals surface area contributed by atoms with Crippen molar-refractivity contribution in [3.8, 4) is 0 Å². The minimum atomic E-state index is -5.33. The fourth-order valence-corrected chi connectivity index (χ4v) is 6.17. The van der Waals surface area contributed by atoms with Gasteiger partial charge in [-0.25, -0.2) is 9.69 Å². The molecule has 5 aromatic rings. The van der Waals surface area contributed by atoms with Gasteiger partial charge in [0.25, 0.3) is 17.4 Å². The van der Waals surface area contributed by atoms with E-state index < -0.39 is 58.7 Å². The minimum Gasteiger partial charge on any atom is -0.436 e. The predicted octanol–water partition coefficient (Wildman–Crippen LogP) is 7.17. The number of nitrogens with zero attached hydrogens (tertiary/aromatic N) is 1. The number of hydrogen-bond donors (Lipinski definition) is 2. The number of aliphatic hydroxyl groups excluding tert-OH is 1. The highest BCUT2D eigenvalue weighted by molar-refractivity contribution is 6.36. The summed E-state index contributed by atoms with van der Waals surface area (Å²) in [7, 11) is 0. The van der Waals surface area contributed by atoms with E-state index in [4.69, 9.17) is 4.74 Å². The molecule has 0 bridgehead atoms. The number of fused-ring (bicyclic) bond motifs is 3. The number of rotatable bonds is 3. The van der Waals surface area contributed by atoms with E-state index in [1.54, 1.807) is 18.2 Å². The monoisotopic (exact) mass is 636 g/mol. The number of benzene rings is 5. The van der Waals surface area contributed by atoms with Crippen LogP contribution in [0.4, 0.5) is 37.7 Å². The lowest BCUT2D eigenvalue weighted by molar-refractivity contribution is -0.287. The third-order valence-electron chi connectivity index (χ3n) is 8.21. The smallest absolute Gasteiger partial charge is 0.436 e. The van der Waals surface area contributed by atoms with Crippen molar-refractivity contribution >= 4 is 50.7 Å². The zero-order valence-corrected chi connectivity index (χ0v) is 23.0. The number of ether oxygens (including phenoxy) is 1. The van der Waals surface area contributed by atoms with Gasteiger partial charge in [-0.2, -0.15) is 26.3 Å². The highest BCUT2D eigenvalue weighted by Gasteiger charge is 2.68. The molecule has 2 amide bonds. The molecule has 5 aromatic carbocycles. The Morgan fingerprint density at radius 1 is 0.804 bits per heavy atom. The summed E-state index contributed by atoms with van der Waals surface area (Å²) >= 11 is 0. The van der Waals surface area contributed by atoms with Gasteiger partial charge in [0.15, 0.2) is 6.23 Å². The number of aliphatic hydroxyl groups is 1. The van der Waals surface area contributed by atoms with Gasteiger partial charge in [-0.3, -0.25) is 9.59 Å². The molecular weight excluding hydrogens is 618 g/mol. The maximum Gasteiger partial charge on any atom is 0.437 e. The number of nitrogens with one attached hydrogen (secondary N) is 1. The van der Waals surface area contributed by atoms with Crippen LogP contribution in [-0.2, 0) is 16.5 Å².